The highest BCUT2D eigenvalue weighted by Gasteiger charge is 2.30. The van der Waals surface area contributed by atoms with E-state index in [4.69, 9.17) is 10.5 Å². The summed E-state index contributed by atoms with van der Waals surface area (Å²) in [7, 11) is 0. The summed E-state index contributed by atoms with van der Waals surface area (Å²) in [5.74, 6) is 0.959. The van der Waals surface area contributed by atoms with E-state index in [-0.39, 0.29) is 0 Å². The Bertz CT molecular complexity index is 429. The molecule has 112 valence electrons. The SMILES string of the molecule is CCN(CC)C1CCCCC1Oc1ccc(N)c(C)c1. The fraction of sp³-hybridized carbons (Fsp3) is 0.647. The Morgan fingerprint density at radius 1 is 1.20 bits per heavy atom. The van der Waals surface area contributed by atoms with E-state index in [1.165, 1.54) is 19.3 Å². The highest BCUT2D eigenvalue weighted by Crippen LogP contribution is 2.28. The summed E-state index contributed by atoms with van der Waals surface area (Å²) in [6, 6.07) is 6.55. The van der Waals surface area contributed by atoms with Crippen LogP contribution in [0.3, 0.4) is 0 Å². The van der Waals surface area contributed by atoms with E-state index in [1.54, 1.807) is 0 Å². The van der Waals surface area contributed by atoms with Crippen LogP contribution < -0.4 is 10.5 Å². The molecule has 0 radical (unpaired) electrons. The highest BCUT2D eigenvalue weighted by molar-refractivity contribution is 5.49. The maximum Gasteiger partial charge on any atom is 0.120 e. The summed E-state index contributed by atoms with van der Waals surface area (Å²) < 4.78 is 6.29. The first-order chi connectivity index (χ1) is 9.65. The van der Waals surface area contributed by atoms with Crippen molar-refractivity contribution in [3.05, 3.63) is 23.8 Å². The van der Waals surface area contributed by atoms with Gasteiger partial charge in [-0.2, -0.15) is 0 Å². The maximum absolute atomic E-state index is 6.29. The van der Waals surface area contributed by atoms with Gasteiger partial charge in [-0.15, -0.1) is 0 Å². The third-order valence-electron chi connectivity index (χ3n) is 4.48. The molecule has 3 nitrogen and oxygen atoms in total. The molecule has 2 unspecified atom stereocenters. The second-order valence-corrected chi connectivity index (χ2v) is 5.75. The number of likely N-dealkylation sites (N-methyl/N-ethyl adjacent to an activating group) is 1. The molecule has 1 aromatic rings. The van der Waals surface area contributed by atoms with Gasteiger partial charge in [-0.1, -0.05) is 20.3 Å². The molecule has 20 heavy (non-hydrogen) atoms. The number of ether oxygens (including phenoxy) is 1. The molecular formula is C17H28N2O. The third kappa shape index (κ3) is 3.45. The van der Waals surface area contributed by atoms with Crippen molar-refractivity contribution in [2.45, 2.75) is 58.6 Å². The Labute approximate surface area is 123 Å². The summed E-state index contributed by atoms with van der Waals surface area (Å²) in [4.78, 5) is 2.54. The molecule has 1 saturated carbocycles. The van der Waals surface area contributed by atoms with Gasteiger partial charge in [0.1, 0.15) is 11.9 Å². The molecule has 0 amide bonds. The molecule has 0 aromatic heterocycles. The topological polar surface area (TPSA) is 38.5 Å². The molecule has 1 fully saturated rings. The normalized spacial score (nSPS) is 23.0. The standard InChI is InChI=1S/C17H28N2O/c1-4-19(5-2)16-8-6-7-9-17(16)20-14-10-11-15(18)13(3)12-14/h10-12,16-17H,4-9,18H2,1-3H3. The lowest BCUT2D eigenvalue weighted by Crippen LogP contribution is -2.47. The van der Waals surface area contributed by atoms with E-state index in [0.717, 1.165) is 36.5 Å². The average Bonchev–Trinajstić information content (AvgIpc) is 2.46. The van der Waals surface area contributed by atoms with Crippen molar-refractivity contribution < 1.29 is 4.74 Å². The Balaban J connectivity index is 2.09. The van der Waals surface area contributed by atoms with Crippen LogP contribution in [0.25, 0.3) is 0 Å². The van der Waals surface area contributed by atoms with Crippen LogP contribution in [0.15, 0.2) is 18.2 Å². The number of anilines is 1. The minimum absolute atomic E-state index is 0.312. The van der Waals surface area contributed by atoms with Gasteiger partial charge < -0.3 is 10.5 Å². The number of hydrogen-bond acceptors (Lipinski definition) is 3. The molecule has 0 bridgehead atoms. The third-order valence-corrected chi connectivity index (χ3v) is 4.48. The predicted octanol–water partition coefficient (Wildman–Crippen LogP) is 3.61. The van der Waals surface area contributed by atoms with Crippen LogP contribution >= 0.6 is 0 Å². The molecule has 0 aliphatic heterocycles. The van der Waals surface area contributed by atoms with Crippen molar-refractivity contribution in [1.29, 1.82) is 0 Å². The molecule has 2 atom stereocenters. The summed E-state index contributed by atoms with van der Waals surface area (Å²) in [5.41, 5.74) is 7.81. The van der Waals surface area contributed by atoms with E-state index in [1.807, 2.05) is 19.1 Å². The number of nitrogen functional groups attached to an aromatic ring is 1. The first-order valence-corrected chi connectivity index (χ1v) is 7.92. The second-order valence-electron chi connectivity index (χ2n) is 5.75. The van der Waals surface area contributed by atoms with E-state index >= 15 is 0 Å². The van der Waals surface area contributed by atoms with Gasteiger partial charge in [-0.25, -0.2) is 0 Å². The molecule has 2 N–H and O–H groups in total. The summed E-state index contributed by atoms with van der Waals surface area (Å²) in [6.07, 6.45) is 5.31. The van der Waals surface area contributed by atoms with Crippen LogP contribution in [0.1, 0.15) is 45.1 Å². The Morgan fingerprint density at radius 3 is 2.55 bits per heavy atom. The van der Waals surface area contributed by atoms with E-state index < -0.39 is 0 Å². The number of benzene rings is 1. The molecule has 0 heterocycles. The van der Waals surface area contributed by atoms with E-state index in [9.17, 15) is 0 Å². The quantitative estimate of drug-likeness (QED) is 0.835. The van der Waals surface area contributed by atoms with Crippen LogP contribution in [-0.2, 0) is 0 Å². The number of nitrogens with zero attached hydrogens (tertiary/aromatic N) is 1. The van der Waals surface area contributed by atoms with Gasteiger partial charge >= 0.3 is 0 Å². The number of nitrogens with two attached hydrogens (primary N) is 1. The molecule has 1 aliphatic rings. The molecule has 0 spiro atoms. The van der Waals surface area contributed by atoms with Crippen molar-refractivity contribution >= 4 is 5.69 Å². The first kappa shape index (κ1) is 15.2. The average molecular weight is 276 g/mol. The number of aryl methyl sites for hydroxylation is 1. The highest BCUT2D eigenvalue weighted by atomic mass is 16.5. The Morgan fingerprint density at radius 2 is 1.90 bits per heavy atom. The minimum Gasteiger partial charge on any atom is -0.489 e. The van der Waals surface area contributed by atoms with Crippen LogP contribution in [0, 0.1) is 6.92 Å². The molecule has 1 aromatic carbocycles. The van der Waals surface area contributed by atoms with E-state index in [2.05, 4.69) is 24.8 Å². The van der Waals surface area contributed by atoms with Crippen LogP contribution in [-0.4, -0.2) is 30.1 Å². The fourth-order valence-corrected chi connectivity index (χ4v) is 3.22. The lowest BCUT2D eigenvalue weighted by molar-refractivity contribution is 0.0413. The second kappa shape index (κ2) is 6.98. The van der Waals surface area contributed by atoms with Gasteiger partial charge in [-0.05, 0) is 63.0 Å². The lowest BCUT2D eigenvalue weighted by Gasteiger charge is -2.39. The van der Waals surface area contributed by atoms with Gasteiger partial charge in [0, 0.05) is 11.7 Å². The van der Waals surface area contributed by atoms with Crippen molar-refractivity contribution in [3.63, 3.8) is 0 Å². The van der Waals surface area contributed by atoms with E-state index in [0.29, 0.717) is 12.1 Å². The smallest absolute Gasteiger partial charge is 0.120 e. The van der Waals surface area contributed by atoms with Crippen LogP contribution in [0.2, 0.25) is 0 Å². The Kier molecular flexibility index (Phi) is 5.30. The van der Waals surface area contributed by atoms with Crippen LogP contribution in [0.5, 0.6) is 5.75 Å². The zero-order valence-corrected chi connectivity index (χ0v) is 13.1. The number of rotatable bonds is 5. The number of hydrogen-bond donors (Lipinski definition) is 1. The molecule has 1 aliphatic carbocycles. The van der Waals surface area contributed by atoms with Gasteiger partial charge in [0.25, 0.3) is 0 Å². The van der Waals surface area contributed by atoms with Crippen molar-refractivity contribution in [1.82, 2.24) is 4.90 Å². The maximum atomic E-state index is 6.29. The first-order valence-electron chi connectivity index (χ1n) is 7.92. The van der Waals surface area contributed by atoms with Crippen LogP contribution in [0.4, 0.5) is 5.69 Å². The predicted molar refractivity (Wildman–Crippen MR) is 85.2 cm³/mol. The molecule has 0 saturated heterocycles. The zero-order valence-electron chi connectivity index (χ0n) is 13.1. The van der Waals surface area contributed by atoms with Gasteiger partial charge in [0.05, 0.1) is 0 Å². The summed E-state index contributed by atoms with van der Waals surface area (Å²) in [6.45, 7) is 8.71. The van der Waals surface area contributed by atoms with Gasteiger partial charge in [-0.3, -0.25) is 4.90 Å². The Hall–Kier alpha value is -1.22. The minimum atomic E-state index is 0.312. The summed E-state index contributed by atoms with van der Waals surface area (Å²) >= 11 is 0. The van der Waals surface area contributed by atoms with Crippen molar-refractivity contribution in [2.75, 3.05) is 18.8 Å². The largest absolute Gasteiger partial charge is 0.489 e. The molecular weight excluding hydrogens is 248 g/mol. The monoisotopic (exact) mass is 276 g/mol. The molecule has 3 heteroatoms. The van der Waals surface area contributed by atoms with Crippen molar-refractivity contribution in [2.24, 2.45) is 0 Å². The lowest BCUT2D eigenvalue weighted by atomic mass is 9.91. The van der Waals surface area contributed by atoms with Gasteiger partial charge in [0.15, 0.2) is 0 Å². The van der Waals surface area contributed by atoms with Gasteiger partial charge in [0.2, 0.25) is 0 Å². The summed E-state index contributed by atoms with van der Waals surface area (Å²) in [5, 5.41) is 0. The van der Waals surface area contributed by atoms with Crippen molar-refractivity contribution in [3.8, 4) is 5.75 Å². The fourth-order valence-electron chi connectivity index (χ4n) is 3.22. The zero-order chi connectivity index (χ0) is 14.5. The molecule has 2 rings (SSSR count).